The van der Waals surface area contributed by atoms with Crippen LogP contribution in [0.2, 0.25) is 0 Å². The van der Waals surface area contributed by atoms with Crippen LogP contribution < -0.4 is 15.8 Å². The van der Waals surface area contributed by atoms with Crippen molar-refractivity contribution in [3.8, 4) is 0 Å². The van der Waals surface area contributed by atoms with Crippen LogP contribution in [0.4, 0.5) is 5.69 Å². The lowest BCUT2D eigenvalue weighted by molar-refractivity contribution is -0.125. The molecule has 190 valence electrons. The fraction of sp³-hybridized carbons (Fsp3) is 0.593. The Morgan fingerprint density at radius 3 is 2.40 bits per heavy atom. The molecule has 1 amide bonds. The number of amides is 1. The van der Waals surface area contributed by atoms with E-state index in [2.05, 4.69) is 55.4 Å². The lowest BCUT2D eigenvalue weighted by Gasteiger charge is -2.35. The lowest BCUT2D eigenvalue weighted by Crippen LogP contribution is -2.46. The van der Waals surface area contributed by atoms with Gasteiger partial charge in [-0.2, -0.15) is 5.10 Å². The maximum atomic E-state index is 12.7. The first-order chi connectivity index (χ1) is 17.1. The average molecular weight is 481 g/mol. The second kappa shape index (κ2) is 12.8. The summed E-state index contributed by atoms with van der Waals surface area (Å²) in [4.78, 5) is 32.1. The molecule has 8 heteroatoms. The number of anilines is 1. The Morgan fingerprint density at radius 1 is 1.00 bits per heavy atom. The number of nitrogens with one attached hydrogen (secondary N) is 1. The van der Waals surface area contributed by atoms with E-state index in [1.165, 1.54) is 10.2 Å². The van der Waals surface area contributed by atoms with Gasteiger partial charge in [-0.15, -0.1) is 0 Å². The number of benzene rings is 1. The topological polar surface area (TPSA) is 73.7 Å². The highest BCUT2D eigenvalue weighted by molar-refractivity contribution is 5.78. The Labute approximate surface area is 208 Å². The summed E-state index contributed by atoms with van der Waals surface area (Å²) in [6.07, 6.45) is 5.28. The Kier molecular flexibility index (Phi) is 9.31. The van der Waals surface area contributed by atoms with Gasteiger partial charge in [0, 0.05) is 70.9 Å². The summed E-state index contributed by atoms with van der Waals surface area (Å²) in [7, 11) is 0. The fourth-order valence-corrected chi connectivity index (χ4v) is 5.05. The molecule has 4 rings (SSSR count). The van der Waals surface area contributed by atoms with Crippen molar-refractivity contribution < 1.29 is 4.79 Å². The minimum absolute atomic E-state index is 0.0539. The fourth-order valence-electron chi connectivity index (χ4n) is 5.05. The van der Waals surface area contributed by atoms with Crippen molar-refractivity contribution in [3.05, 3.63) is 58.5 Å². The van der Waals surface area contributed by atoms with Gasteiger partial charge >= 0.3 is 0 Å². The summed E-state index contributed by atoms with van der Waals surface area (Å²) >= 11 is 0. The Morgan fingerprint density at radius 2 is 1.71 bits per heavy atom. The van der Waals surface area contributed by atoms with Crippen molar-refractivity contribution in [1.29, 1.82) is 0 Å². The molecule has 2 aromatic rings. The molecule has 0 spiro atoms. The maximum absolute atomic E-state index is 12.7. The van der Waals surface area contributed by atoms with E-state index in [1.807, 2.05) is 6.92 Å². The normalized spacial score (nSPS) is 18.0. The third-order valence-electron chi connectivity index (χ3n) is 7.19. The van der Waals surface area contributed by atoms with Crippen molar-refractivity contribution in [2.75, 3.05) is 57.3 Å². The van der Waals surface area contributed by atoms with Gasteiger partial charge in [-0.3, -0.25) is 14.5 Å². The van der Waals surface area contributed by atoms with E-state index in [0.29, 0.717) is 6.54 Å². The Bertz CT molecular complexity index is 979. The molecule has 8 nitrogen and oxygen atoms in total. The first kappa shape index (κ1) is 25.4. The van der Waals surface area contributed by atoms with Crippen LogP contribution >= 0.6 is 0 Å². The predicted octanol–water partition coefficient (Wildman–Crippen LogP) is 2.19. The second-order valence-corrected chi connectivity index (χ2v) is 9.78. The smallest absolute Gasteiger partial charge is 0.268 e. The van der Waals surface area contributed by atoms with Gasteiger partial charge in [0.25, 0.3) is 5.56 Å². The van der Waals surface area contributed by atoms with Crippen LogP contribution in [0.25, 0.3) is 0 Å². The molecule has 1 N–H and O–H groups in total. The number of piperazine rings is 1. The predicted molar refractivity (Wildman–Crippen MR) is 140 cm³/mol. The average Bonchev–Trinajstić information content (AvgIpc) is 2.89. The summed E-state index contributed by atoms with van der Waals surface area (Å²) in [5.74, 6) is 0.232. The highest BCUT2D eigenvalue weighted by Gasteiger charge is 2.25. The standard InChI is InChI=1S/C27H40N6O2/c1-2-12-33-26(34)20-25(21-29-33)32-14-9-24(10-15-32)27(35)28-11-6-13-30-16-18-31(19-17-30)22-23-7-4-3-5-8-23/h3-5,7-8,20-21,24H,2,6,9-19,22H2,1H3,(H,28,35). The molecule has 2 fully saturated rings. The van der Waals surface area contributed by atoms with Crippen LogP contribution in [0, 0.1) is 5.92 Å². The quantitative estimate of drug-likeness (QED) is 0.526. The zero-order chi connectivity index (χ0) is 24.5. The maximum Gasteiger partial charge on any atom is 0.268 e. The molecule has 1 aromatic carbocycles. The SMILES string of the molecule is CCCn1ncc(N2CCC(C(=O)NCCCN3CCN(Cc4ccccc4)CC3)CC2)cc1=O. The summed E-state index contributed by atoms with van der Waals surface area (Å²) < 4.78 is 1.51. The third-order valence-corrected chi connectivity index (χ3v) is 7.19. The molecule has 0 radical (unpaired) electrons. The van der Waals surface area contributed by atoms with E-state index in [0.717, 1.165) is 90.3 Å². The number of rotatable bonds is 10. The van der Waals surface area contributed by atoms with Crippen LogP contribution in [-0.4, -0.2) is 77.8 Å². The van der Waals surface area contributed by atoms with Crippen molar-refractivity contribution in [1.82, 2.24) is 24.9 Å². The molecular formula is C27H40N6O2. The van der Waals surface area contributed by atoms with Crippen LogP contribution in [0.5, 0.6) is 0 Å². The van der Waals surface area contributed by atoms with Crippen molar-refractivity contribution >= 4 is 11.6 Å². The molecule has 35 heavy (non-hydrogen) atoms. The molecule has 0 unspecified atom stereocenters. The van der Waals surface area contributed by atoms with Gasteiger partial charge < -0.3 is 15.1 Å². The molecular weight excluding hydrogens is 440 g/mol. The number of aryl methyl sites for hydroxylation is 1. The Hall–Kier alpha value is -2.71. The summed E-state index contributed by atoms with van der Waals surface area (Å²) in [6.45, 7) is 11.4. The number of carbonyl (C=O) groups is 1. The van der Waals surface area contributed by atoms with E-state index >= 15 is 0 Å². The number of carbonyl (C=O) groups excluding carboxylic acids is 1. The number of hydrogen-bond donors (Lipinski definition) is 1. The summed E-state index contributed by atoms with van der Waals surface area (Å²) in [5, 5.41) is 7.44. The molecule has 0 aliphatic carbocycles. The first-order valence-electron chi connectivity index (χ1n) is 13.2. The largest absolute Gasteiger partial charge is 0.370 e. The number of aromatic nitrogens is 2. The van der Waals surface area contributed by atoms with Gasteiger partial charge in [-0.1, -0.05) is 37.3 Å². The molecule has 1 aromatic heterocycles. The molecule has 3 heterocycles. The van der Waals surface area contributed by atoms with Gasteiger partial charge in [-0.05, 0) is 37.8 Å². The minimum Gasteiger partial charge on any atom is -0.370 e. The molecule has 0 atom stereocenters. The van der Waals surface area contributed by atoms with Crippen LogP contribution in [0.1, 0.15) is 38.2 Å². The summed E-state index contributed by atoms with van der Waals surface area (Å²) in [5.41, 5.74) is 2.19. The van der Waals surface area contributed by atoms with Crippen LogP contribution in [0.3, 0.4) is 0 Å². The van der Waals surface area contributed by atoms with Gasteiger partial charge in [0.15, 0.2) is 0 Å². The van der Waals surface area contributed by atoms with Crippen molar-refractivity contribution in [3.63, 3.8) is 0 Å². The van der Waals surface area contributed by atoms with E-state index in [1.54, 1.807) is 12.3 Å². The molecule has 2 saturated heterocycles. The number of nitrogens with zero attached hydrogens (tertiary/aromatic N) is 5. The van der Waals surface area contributed by atoms with Gasteiger partial charge in [0.2, 0.25) is 5.91 Å². The molecule has 2 aliphatic rings. The zero-order valence-corrected chi connectivity index (χ0v) is 21.1. The third kappa shape index (κ3) is 7.39. The van der Waals surface area contributed by atoms with Crippen LogP contribution in [-0.2, 0) is 17.9 Å². The minimum atomic E-state index is -0.0539. The first-order valence-corrected chi connectivity index (χ1v) is 13.2. The van der Waals surface area contributed by atoms with Crippen molar-refractivity contribution in [2.45, 2.75) is 45.7 Å². The number of piperidine rings is 1. The highest BCUT2D eigenvalue weighted by atomic mass is 16.2. The summed E-state index contributed by atoms with van der Waals surface area (Å²) in [6, 6.07) is 12.3. The van der Waals surface area contributed by atoms with E-state index in [9.17, 15) is 9.59 Å². The van der Waals surface area contributed by atoms with E-state index < -0.39 is 0 Å². The lowest BCUT2D eigenvalue weighted by atomic mass is 9.95. The molecule has 0 saturated carbocycles. The van der Waals surface area contributed by atoms with E-state index in [-0.39, 0.29) is 17.4 Å². The second-order valence-electron chi connectivity index (χ2n) is 9.78. The molecule has 2 aliphatic heterocycles. The van der Waals surface area contributed by atoms with Gasteiger partial charge in [0.05, 0.1) is 11.9 Å². The van der Waals surface area contributed by atoms with Crippen molar-refractivity contribution in [2.24, 2.45) is 5.92 Å². The van der Waals surface area contributed by atoms with Crippen LogP contribution in [0.15, 0.2) is 47.4 Å². The monoisotopic (exact) mass is 480 g/mol. The van der Waals surface area contributed by atoms with Gasteiger partial charge in [-0.25, -0.2) is 4.68 Å². The van der Waals surface area contributed by atoms with E-state index in [4.69, 9.17) is 0 Å². The zero-order valence-electron chi connectivity index (χ0n) is 21.1. The Balaban J connectivity index is 1.10. The highest BCUT2D eigenvalue weighted by Crippen LogP contribution is 2.22. The molecule has 0 bridgehead atoms. The van der Waals surface area contributed by atoms with Gasteiger partial charge in [0.1, 0.15) is 0 Å². The number of hydrogen-bond acceptors (Lipinski definition) is 6.